The maximum absolute atomic E-state index is 6.14. The van der Waals surface area contributed by atoms with E-state index in [-0.39, 0.29) is 6.04 Å². The fourth-order valence-corrected chi connectivity index (χ4v) is 2.58. The van der Waals surface area contributed by atoms with Gasteiger partial charge in [0.05, 0.1) is 0 Å². The maximum atomic E-state index is 6.14. The summed E-state index contributed by atoms with van der Waals surface area (Å²) in [6.45, 7) is 2.13. The molecule has 0 amide bonds. The number of hydrogen-bond donors (Lipinski definition) is 1. The third kappa shape index (κ3) is 2.67. The van der Waals surface area contributed by atoms with Crippen LogP contribution in [0.5, 0.6) is 0 Å². The van der Waals surface area contributed by atoms with Gasteiger partial charge in [-0.2, -0.15) is 0 Å². The van der Waals surface area contributed by atoms with Crippen molar-refractivity contribution in [1.82, 2.24) is 0 Å². The molecule has 1 aromatic heterocycles. The summed E-state index contributed by atoms with van der Waals surface area (Å²) in [4.78, 5) is 2.72. The van der Waals surface area contributed by atoms with E-state index in [2.05, 4.69) is 31.2 Å². The van der Waals surface area contributed by atoms with Gasteiger partial charge in [-0.1, -0.05) is 30.3 Å². The summed E-state index contributed by atoms with van der Waals surface area (Å²) in [5.41, 5.74) is 7.35. The van der Waals surface area contributed by atoms with Gasteiger partial charge >= 0.3 is 0 Å². The predicted octanol–water partition coefficient (Wildman–Crippen LogP) is 3.30. The summed E-state index contributed by atoms with van der Waals surface area (Å²) in [5, 5.41) is 0. The molecule has 1 unspecified atom stereocenters. The summed E-state index contributed by atoms with van der Waals surface area (Å²) >= 11 is 1.83. The lowest BCUT2D eigenvalue weighted by atomic mass is 10.0. The molecule has 0 aliphatic carbocycles. The average molecular weight is 217 g/mol. The summed E-state index contributed by atoms with van der Waals surface area (Å²) in [5.74, 6) is 0. The Morgan fingerprint density at radius 3 is 2.47 bits per heavy atom. The van der Waals surface area contributed by atoms with E-state index in [9.17, 15) is 0 Å². The molecule has 0 fully saturated rings. The van der Waals surface area contributed by atoms with Gasteiger partial charge in [-0.25, -0.2) is 0 Å². The van der Waals surface area contributed by atoms with Gasteiger partial charge in [0.25, 0.3) is 0 Å². The third-order valence-electron chi connectivity index (χ3n) is 2.44. The fourth-order valence-electron chi connectivity index (χ4n) is 1.63. The van der Waals surface area contributed by atoms with Gasteiger partial charge in [0, 0.05) is 22.2 Å². The Hall–Kier alpha value is -1.12. The van der Waals surface area contributed by atoms with Crippen molar-refractivity contribution in [3.63, 3.8) is 0 Å². The zero-order valence-electron chi connectivity index (χ0n) is 8.81. The number of rotatable bonds is 3. The second kappa shape index (κ2) is 4.60. The van der Waals surface area contributed by atoms with Gasteiger partial charge in [0.1, 0.15) is 0 Å². The molecule has 0 aliphatic heterocycles. The molecule has 0 bridgehead atoms. The molecule has 2 N–H and O–H groups in total. The maximum Gasteiger partial charge on any atom is 0.0343 e. The molecule has 2 heteroatoms. The van der Waals surface area contributed by atoms with Crippen LogP contribution in [-0.2, 0) is 6.42 Å². The Balaban J connectivity index is 2.07. The van der Waals surface area contributed by atoms with E-state index in [1.54, 1.807) is 0 Å². The monoisotopic (exact) mass is 217 g/mol. The van der Waals surface area contributed by atoms with Crippen LogP contribution in [0.2, 0.25) is 0 Å². The molecule has 0 saturated carbocycles. The zero-order valence-corrected chi connectivity index (χ0v) is 9.63. The highest BCUT2D eigenvalue weighted by molar-refractivity contribution is 7.11. The average Bonchev–Trinajstić information content (AvgIpc) is 2.65. The second-order valence-electron chi connectivity index (χ2n) is 3.73. The van der Waals surface area contributed by atoms with Gasteiger partial charge < -0.3 is 5.73 Å². The van der Waals surface area contributed by atoms with Crippen LogP contribution in [-0.4, -0.2) is 0 Å². The lowest BCUT2D eigenvalue weighted by Crippen LogP contribution is -2.12. The molecule has 0 aliphatic rings. The number of thiophene rings is 1. The number of hydrogen-bond acceptors (Lipinski definition) is 2. The van der Waals surface area contributed by atoms with E-state index < -0.39 is 0 Å². The summed E-state index contributed by atoms with van der Waals surface area (Å²) in [6, 6.07) is 14.7. The Bertz CT molecular complexity index is 419. The molecule has 78 valence electrons. The summed E-state index contributed by atoms with van der Waals surface area (Å²) in [6.07, 6.45) is 0.933. The molecule has 15 heavy (non-hydrogen) atoms. The first-order valence-electron chi connectivity index (χ1n) is 5.11. The minimum atomic E-state index is 0.115. The van der Waals surface area contributed by atoms with Crippen molar-refractivity contribution in [2.75, 3.05) is 0 Å². The van der Waals surface area contributed by atoms with Crippen LogP contribution in [0, 0.1) is 6.92 Å². The molecule has 2 aromatic rings. The van der Waals surface area contributed by atoms with E-state index in [1.807, 2.05) is 29.5 Å². The number of nitrogens with two attached hydrogens (primary N) is 1. The minimum Gasteiger partial charge on any atom is -0.324 e. The molecule has 1 atom stereocenters. The molecule has 1 nitrogen and oxygen atoms in total. The third-order valence-corrected chi connectivity index (χ3v) is 3.47. The van der Waals surface area contributed by atoms with Gasteiger partial charge in [0.15, 0.2) is 0 Å². The first kappa shape index (κ1) is 10.4. The molecule has 0 spiro atoms. The fraction of sp³-hybridized carbons (Fsp3) is 0.231. The Kier molecular flexibility index (Phi) is 3.19. The Labute approximate surface area is 94.6 Å². The highest BCUT2D eigenvalue weighted by Gasteiger charge is 2.07. The van der Waals surface area contributed by atoms with E-state index in [1.165, 1.54) is 15.3 Å². The summed E-state index contributed by atoms with van der Waals surface area (Å²) in [7, 11) is 0. The normalized spacial score (nSPS) is 12.7. The van der Waals surface area contributed by atoms with E-state index in [0.717, 1.165) is 6.42 Å². The van der Waals surface area contributed by atoms with Crippen LogP contribution >= 0.6 is 11.3 Å². The van der Waals surface area contributed by atoms with Crippen molar-refractivity contribution < 1.29 is 0 Å². The van der Waals surface area contributed by atoms with Crippen LogP contribution in [0.25, 0.3) is 0 Å². The largest absolute Gasteiger partial charge is 0.324 e. The molecular formula is C13H15NS. The molecule has 2 rings (SSSR count). The van der Waals surface area contributed by atoms with Crippen molar-refractivity contribution >= 4 is 11.3 Å². The van der Waals surface area contributed by atoms with Gasteiger partial charge in [-0.15, -0.1) is 11.3 Å². The highest BCUT2D eigenvalue weighted by Crippen LogP contribution is 2.21. The van der Waals surface area contributed by atoms with Crippen LogP contribution in [0.3, 0.4) is 0 Å². The molecule has 1 heterocycles. The van der Waals surface area contributed by atoms with Crippen LogP contribution in [0.1, 0.15) is 21.4 Å². The number of aryl methyl sites for hydroxylation is 1. The van der Waals surface area contributed by atoms with Gasteiger partial charge in [0.2, 0.25) is 0 Å². The van der Waals surface area contributed by atoms with Crippen molar-refractivity contribution in [2.24, 2.45) is 5.73 Å². The molecule has 0 radical (unpaired) electrons. The first-order chi connectivity index (χ1) is 7.25. The van der Waals surface area contributed by atoms with Crippen LogP contribution < -0.4 is 5.73 Å². The lowest BCUT2D eigenvalue weighted by molar-refractivity contribution is 0.730. The van der Waals surface area contributed by atoms with Crippen LogP contribution in [0.4, 0.5) is 0 Å². The molecule has 0 saturated heterocycles. The zero-order chi connectivity index (χ0) is 10.7. The second-order valence-corrected chi connectivity index (χ2v) is 5.11. The smallest absolute Gasteiger partial charge is 0.0343 e. The quantitative estimate of drug-likeness (QED) is 0.838. The van der Waals surface area contributed by atoms with Crippen molar-refractivity contribution in [3.8, 4) is 0 Å². The van der Waals surface area contributed by atoms with E-state index >= 15 is 0 Å². The first-order valence-corrected chi connectivity index (χ1v) is 5.93. The molecular weight excluding hydrogens is 202 g/mol. The summed E-state index contributed by atoms with van der Waals surface area (Å²) < 4.78 is 0. The lowest BCUT2D eigenvalue weighted by Gasteiger charge is -2.10. The topological polar surface area (TPSA) is 26.0 Å². The standard InChI is InChI=1S/C13H15NS/c1-10-7-8-12(15-10)9-13(14)11-5-3-2-4-6-11/h2-8,13H,9,14H2,1H3. The SMILES string of the molecule is Cc1ccc(CC(N)c2ccccc2)s1. The Morgan fingerprint density at radius 2 is 1.87 bits per heavy atom. The molecule has 1 aromatic carbocycles. The van der Waals surface area contributed by atoms with E-state index in [4.69, 9.17) is 5.73 Å². The van der Waals surface area contributed by atoms with Gasteiger partial charge in [-0.3, -0.25) is 0 Å². The van der Waals surface area contributed by atoms with E-state index in [0.29, 0.717) is 0 Å². The predicted molar refractivity (Wildman–Crippen MR) is 66.1 cm³/mol. The Morgan fingerprint density at radius 1 is 1.13 bits per heavy atom. The highest BCUT2D eigenvalue weighted by atomic mass is 32.1. The van der Waals surface area contributed by atoms with Crippen molar-refractivity contribution in [1.29, 1.82) is 0 Å². The minimum absolute atomic E-state index is 0.115. The van der Waals surface area contributed by atoms with Crippen molar-refractivity contribution in [2.45, 2.75) is 19.4 Å². The van der Waals surface area contributed by atoms with Crippen LogP contribution in [0.15, 0.2) is 42.5 Å². The number of benzene rings is 1. The van der Waals surface area contributed by atoms with Crippen molar-refractivity contribution in [3.05, 3.63) is 57.8 Å². The van der Waals surface area contributed by atoms with Gasteiger partial charge in [-0.05, 0) is 24.6 Å².